The first-order valence-electron chi connectivity index (χ1n) is 8.92. The van der Waals surface area contributed by atoms with Gasteiger partial charge < -0.3 is 9.84 Å². The number of imide groups is 1. The van der Waals surface area contributed by atoms with Crippen LogP contribution in [0.5, 0.6) is 0 Å². The maximum Gasteiger partial charge on any atom is 0.305 e. The van der Waals surface area contributed by atoms with E-state index in [0.29, 0.717) is 9.81 Å². The van der Waals surface area contributed by atoms with Gasteiger partial charge in [-0.1, -0.05) is 59.9 Å². The second kappa shape index (κ2) is 10.3. The third kappa shape index (κ3) is 5.72. The van der Waals surface area contributed by atoms with Gasteiger partial charge in [0.1, 0.15) is 0 Å². The third-order valence-corrected chi connectivity index (χ3v) is 6.24. The van der Waals surface area contributed by atoms with Crippen molar-refractivity contribution in [3.8, 4) is 0 Å². The van der Waals surface area contributed by atoms with E-state index in [1.807, 2.05) is 60.7 Å². The van der Waals surface area contributed by atoms with Crippen LogP contribution in [0.1, 0.15) is 6.42 Å². The van der Waals surface area contributed by atoms with Crippen molar-refractivity contribution in [1.29, 1.82) is 0 Å². The summed E-state index contributed by atoms with van der Waals surface area (Å²) in [4.78, 5) is 40.1. The molecule has 2 amide bonds. The fourth-order valence-electron chi connectivity index (χ4n) is 2.54. The number of rotatable bonds is 10. The predicted octanol–water partition coefficient (Wildman–Crippen LogP) is 3.64. The Morgan fingerprint density at radius 1 is 0.828 bits per heavy atom. The standard InChI is InChI=1S/C21H19NO5S2/c23-17(24)11-13-27-14-12-22-20(25)18(28-15-7-3-1-4-8-15)19(21(22)26)29-16-9-5-2-6-10-16/h1-10H,11-14H2,(H,23,24). The molecule has 0 aromatic heterocycles. The lowest BCUT2D eigenvalue weighted by molar-refractivity contribution is -0.140. The first kappa shape index (κ1) is 21.2. The summed E-state index contributed by atoms with van der Waals surface area (Å²) in [5.41, 5.74) is 0. The molecule has 2 aromatic rings. The van der Waals surface area contributed by atoms with Crippen molar-refractivity contribution in [2.45, 2.75) is 16.2 Å². The summed E-state index contributed by atoms with van der Waals surface area (Å²) in [5.74, 6) is -1.67. The normalized spacial score (nSPS) is 14.0. The van der Waals surface area contributed by atoms with E-state index in [0.717, 1.165) is 14.7 Å². The van der Waals surface area contributed by atoms with E-state index in [-0.39, 0.29) is 38.0 Å². The number of carbonyl (C=O) groups is 3. The highest BCUT2D eigenvalue weighted by Gasteiger charge is 2.39. The topological polar surface area (TPSA) is 83.9 Å². The van der Waals surface area contributed by atoms with Crippen molar-refractivity contribution in [3.05, 3.63) is 70.5 Å². The number of hydrogen-bond acceptors (Lipinski definition) is 6. The van der Waals surface area contributed by atoms with Crippen molar-refractivity contribution in [2.75, 3.05) is 19.8 Å². The molecule has 0 unspecified atom stereocenters. The number of aliphatic carboxylic acids is 1. The fraction of sp³-hybridized carbons (Fsp3) is 0.190. The first-order valence-corrected chi connectivity index (χ1v) is 10.6. The van der Waals surface area contributed by atoms with Gasteiger partial charge in [-0.05, 0) is 24.3 Å². The molecule has 1 heterocycles. The number of hydrogen-bond donors (Lipinski definition) is 1. The molecule has 1 N–H and O–H groups in total. The average molecular weight is 430 g/mol. The van der Waals surface area contributed by atoms with Crippen molar-refractivity contribution in [1.82, 2.24) is 4.90 Å². The van der Waals surface area contributed by atoms with Gasteiger partial charge in [0.15, 0.2) is 0 Å². The molecule has 0 aliphatic carbocycles. The summed E-state index contributed by atoms with van der Waals surface area (Å²) in [6, 6.07) is 18.8. The quantitative estimate of drug-likeness (QED) is 0.456. The van der Waals surface area contributed by atoms with Crippen LogP contribution in [0.4, 0.5) is 0 Å². The molecular weight excluding hydrogens is 410 g/mol. The molecule has 29 heavy (non-hydrogen) atoms. The minimum atomic E-state index is -0.955. The van der Waals surface area contributed by atoms with Crippen molar-refractivity contribution in [3.63, 3.8) is 0 Å². The van der Waals surface area contributed by atoms with Crippen molar-refractivity contribution < 1.29 is 24.2 Å². The molecule has 3 rings (SSSR count). The molecule has 0 radical (unpaired) electrons. The molecule has 0 fully saturated rings. The van der Waals surface area contributed by atoms with Crippen LogP contribution in [0.25, 0.3) is 0 Å². The summed E-state index contributed by atoms with van der Waals surface area (Å²) in [7, 11) is 0. The minimum absolute atomic E-state index is 0.0379. The number of thioether (sulfide) groups is 2. The van der Waals surface area contributed by atoms with Gasteiger partial charge in [0.2, 0.25) is 0 Å². The molecule has 0 atom stereocenters. The maximum atomic E-state index is 13.0. The van der Waals surface area contributed by atoms with Crippen LogP contribution < -0.4 is 0 Å². The van der Waals surface area contributed by atoms with E-state index < -0.39 is 5.97 Å². The Kier molecular flexibility index (Phi) is 7.51. The van der Waals surface area contributed by atoms with E-state index in [2.05, 4.69) is 0 Å². The highest BCUT2D eigenvalue weighted by atomic mass is 32.2. The largest absolute Gasteiger partial charge is 0.481 e. The van der Waals surface area contributed by atoms with Gasteiger partial charge in [0, 0.05) is 9.79 Å². The second-order valence-corrected chi connectivity index (χ2v) is 8.17. The molecule has 0 spiro atoms. The zero-order valence-corrected chi connectivity index (χ0v) is 17.1. The minimum Gasteiger partial charge on any atom is -0.481 e. The van der Waals surface area contributed by atoms with Crippen LogP contribution in [0.15, 0.2) is 80.3 Å². The van der Waals surface area contributed by atoms with E-state index in [4.69, 9.17) is 9.84 Å². The van der Waals surface area contributed by atoms with Crippen LogP contribution in [0, 0.1) is 0 Å². The molecule has 150 valence electrons. The molecule has 0 saturated heterocycles. The molecule has 1 aliphatic heterocycles. The van der Waals surface area contributed by atoms with E-state index in [1.54, 1.807) is 0 Å². The lowest BCUT2D eigenvalue weighted by Gasteiger charge is -2.14. The smallest absolute Gasteiger partial charge is 0.305 e. The number of carboxylic acid groups (broad SMARTS) is 1. The average Bonchev–Trinajstić information content (AvgIpc) is 2.93. The number of carboxylic acids is 1. The van der Waals surface area contributed by atoms with Crippen LogP contribution >= 0.6 is 23.5 Å². The highest BCUT2D eigenvalue weighted by molar-refractivity contribution is 8.08. The number of ether oxygens (including phenoxy) is 1. The lowest BCUT2D eigenvalue weighted by atomic mass is 10.4. The SMILES string of the molecule is O=C(O)CCOCCN1C(=O)C(Sc2ccccc2)=C(Sc2ccccc2)C1=O. The molecule has 0 bridgehead atoms. The van der Waals surface area contributed by atoms with Crippen LogP contribution in [0.3, 0.4) is 0 Å². The summed E-state index contributed by atoms with van der Waals surface area (Å²) in [6.07, 6.45) is -0.121. The predicted molar refractivity (Wildman–Crippen MR) is 111 cm³/mol. The van der Waals surface area contributed by atoms with Gasteiger partial charge in [-0.15, -0.1) is 0 Å². The van der Waals surface area contributed by atoms with Crippen LogP contribution in [-0.2, 0) is 19.1 Å². The molecule has 6 nitrogen and oxygen atoms in total. The zero-order valence-electron chi connectivity index (χ0n) is 15.4. The fourth-order valence-corrected chi connectivity index (χ4v) is 4.61. The van der Waals surface area contributed by atoms with Gasteiger partial charge in [0.05, 0.1) is 36.0 Å². The van der Waals surface area contributed by atoms with Gasteiger partial charge in [-0.2, -0.15) is 0 Å². The molecule has 2 aromatic carbocycles. The van der Waals surface area contributed by atoms with Gasteiger partial charge in [-0.25, -0.2) is 0 Å². The molecule has 0 saturated carbocycles. The maximum absolute atomic E-state index is 13.0. The van der Waals surface area contributed by atoms with E-state index in [1.165, 1.54) is 23.5 Å². The molecular formula is C21H19NO5S2. The Morgan fingerprint density at radius 2 is 1.31 bits per heavy atom. The molecule has 8 heteroatoms. The first-order chi connectivity index (χ1) is 14.1. The number of benzene rings is 2. The number of carbonyl (C=O) groups excluding carboxylic acids is 2. The zero-order chi connectivity index (χ0) is 20.6. The number of amides is 2. The van der Waals surface area contributed by atoms with Crippen molar-refractivity contribution in [2.24, 2.45) is 0 Å². The Labute approximate surface area is 176 Å². The van der Waals surface area contributed by atoms with Crippen molar-refractivity contribution >= 4 is 41.3 Å². The number of nitrogens with zero attached hydrogens (tertiary/aromatic N) is 1. The monoisotopic (exact) mass is 429 g/mol. The van der Waals surface area contributed by atoms with Crippen LogP contribution in [-0.4, -0.2) is 47.5 Å². The molecule has 1 aliphatic rings. The van der Waals surface area contributed by atoms with Gasteiger partial charge in [-0.3, -0.25) is 19.3 Å². The summed E-state index contributed by atoms with van der Waals surface area (Å²) < 4.78 is 5.25. The van der Waals surface area contributed by atoms with Gasteiger partial charge >= 0.3 is 5.97 Å². The van der Waals surface area contributed by atoms with Gasteiger partial charge in [0.25, 0.3) is 11.8 Å². The Balaban J connectivity index is 1.75. The van der Waals surface area contributed by atoms with E-state index in [9.17, 15) is 14.4 Å². The Hall–Kier alpha value is -2.55. The second-order valence-electron chi connectivity index (χ2n) is 6.01. The summed E-state index contributed by atoms with van der Waals surface area (Å²) >= 11 is 2.54. The highest BCUT2D eigenvalue weighted by Crippen LogP contribution is 2.42. The Morgan fingerprint density at radius 3 is 1.76 bits per heavy atom. The summed E-state index contributed by atoms with van der Waals surface area (Å²) in [5, 5.41) is 8.65. The Bertz CT molecular complexity index is 852. The third-order valence-electron chi connectivity index (χ3n) is 3.93. The lowest BCUT2D eigenvalue weighted by Crippen LogP contribution is -2.34. The van der Waals surface area contributed by atoms with Crippen LogP contribution in [0.2, 0.25) is 0 Å². The summed E-state index contributed by atoms with van der Waals surface area (Å²) in [6.45, 7) is 0.211. The van der Waals surface area contributed by atoms with E-state index >= 15 is 0 Å².